The monoisotopic (exact) mass is 286 g/mol. The van der Waals surface area contributed by atoms with E-state index in [0.717, 1.165) is 11.1 Å². The van der Waals surface area contributed by atoms with Crippen molar-refractivity contribution in [2.45, 2.75) is 26.8 Å². The Morgan fingerprint density at radius 3 is 2.29 bits per heavy atom. The van der Waals surface area contributed by atoms with E-state index < -0.39 is 4.92 Å². The van der Waals surface area contributed by atoms with Crippen LogP contribution in [-0.4, -0.2) is 4.92 Å². The summed E-state index contributed by atoms with van der Waals surface area (Å²) in [6, 6.07) is 10.6. The van der Waals surface area contributed by atoms with Crippen molar-refractivity contribution in [3.05, 3.63) is 63.2 Å². The van der Waals surface area contributed by atoms with E-state index in [9.17, 15) is 10.1 Å². The molecule has 0 radical (unpaired) electrons. The summed E-state index contributed by atoms with van der Waals surface area (Å²) in [5, 5.41) is 11.0. The van der Waals surface area contributed by atoms with Crippen LogP contribution in [0.3, 0.4) is 0 Å². The van der Waals surface area contributed by atoms with E-state index in [4.69, 9.17) is 10.5 Å². The van der Waals surface area contributed by atoms with Gasteiger partial charge < -0.3 is 10.5 Å². The van der Waals surface area contributed by atoms with Gasteiger partial charge in [0.05, 0.1) is 11.0 Å². The first kappa shape index (κ1) is 15.0. The lowest BCUT2D eigenvalue weighted by molar-refractivity contribution is -0.385. The number of hydrogen-bond acceptors (Lipinski definition) is 4. The first-order chi connectivity index (χ1) is 9.88. The summed E-state index contributed by atoms with van der Waals surface area (Å²) < 4.78 is 5.74. The van der Waals surface area contributed by atoms with Crippen molar-refractivity contribution >= 4 is 5.69 Å². The maximum absolute atomic E-state index is 11.0. The smallest absolute Gasteiger partial charge is 0.276 e. The summed E-state index contributed by atoms with van der Waals surface area (Å²) in [5.41, 5.74) is 8.34. The largest absolute Gasteiger partial charge is 0.457 e. The number of ether oxygens (including phenoxy) is 1. The average Bonchev–Trinajstić information content (AvgIpc) is 2.42. The molecule has 0 amide bonds. The van der Waals surface area contributed by atoms with Gasteiger partial charge in [0.25, 0.3) is 5.69 Å². The predicted molar refractivity (Wildman–Crippen MR) is 81.7 cm³/mol. The minimum absolute atomic E-state index is 0.0405. The Kier molecular flexibility index (Phi) is 4.23. The van der Waals surface area contributed by atoms with Gasteiger partial charge in [-0.25, -0.2) is 0 Å². The van der Waals surface area contributed by atoms with E-state index in [1.54, 1.807) is 13.0 Å². The topological polar surface area (TPSA) is 78.4 Å². The number of nitrogens with zero attached hydrogens (tertiary/aromatic N) is 1. The Labute approximate surface area is 123 Å². The second-order valence-corrected chi connectivity index (χ2v) is 5.12. The van der Waals surface area contributed by atoms with Crippen LogP contribution in [0.4, 0.5) is 5.69 Å². The fourth-order valence-corrected chi connectivity index (χ4v) is 2.09. The molecule has 0 aliphatic carbocycles. The standard InChI is InChI=1S/C16H18N2O3/c1-10-8-11(2)16(9-15(10)18(19)20)21-14-6-4-13(5-7-14)12(3)17/h4-9,12H,17H2,1-3H3/t12-/m1/s1. The fourth-order valence-electron chi connectivity index (χ4n) is 2.09. The summed E-state index contributed by atoms with van der Waals surface area (Å²) in [6.45, 7) is 5.48. The first-order valence-electron chi connectivity index (χ1n) is 6.67. The van der Waals surface area contributed by atoms with Crippen LogP contribution in [0.15, 0.2) is 36.4 Å². The second-order valence-electron chi connectivity index (χ2n) is 5.12. The van der Waals surface area contributed by atoms with Crippen molar-refractivity contribution in [3.8, 4) is 11.5 Å². The number of rotatable bonds is 4. The molecule has 2 rings (SSSR count). The Morgan fingerprint density at radius 1 is 1.14 bits per heavy atom. The van der Waals surface area contributed by atoms with E-state index in [2.05, 4.69) is 0 Å². The van der Waals surface area contributed by atoms with Crippen LogP contribution in [-0.2, 0) is 0 Å². The molecule has 5 heteroatoms. The molecule has 0 saturated heterocycles. The van der Waals surface area contributed by atoms with Gasteiger partial charge in [0, 0.05) is 11.6 Å². The molecule has 2 aromatic carbocycles. The van der Waals surface area contributed by atoms with Gasteiger partial charge >= 0.3 is 0 Å². The van der Waals surface area contributed by atoms with Crippen LogP contribution in [0.5, 0.6) is 11.5 Å². The van der Waals surface area contributed by atoms with E-state index in [-0.39, 0.29) is 11.7 Å². The van der Waals surface area contributed by atoms with E-state index in [1.807, 2.05) is 38.1 Å². The van der Waals surface area contributed by atoms with Crippen LogP contribution in [0.1, 0.15) is 29.7 Å². The molecule has 0 unspecified atom stereocenters. The minimum Gasteiger partial charge on any atom is -0.457 e. The molecule has 0 aliphatic rings. The molecular weight excluding hydrogens is 268 g/mol. The van der Waals surface area contributed by atoms with Gasteiger partial charge in [-0.15, -0.1) is 0 Å². The molecule has 0 bridgehead atoms. The highest BCUT2D eigenvalue weighted by Crippen LogP contribution is 2.31. The zero-order chi connectivity index (χ0) is 15.6. The molecule has 0 spiro atoms. The summed E-state index contributed by atoms with van der Waals surface area (Å²) in [4.78, 5) is 10.6. The van der Waals surface area contributed by atoms with Gasteiger partial charge in [-0.1, -0.05) is 12.1 Å². The lowest BCUT2D eigenvalue weighted by atomic mass is 10.1. The zero-order valence-electron chi connectivity index (χ0n) is 12.3. The SMILES string of the molecule is Cc1cc(C)c([N+](=O)[O-])cc1Oc1ccc([C@@H](C)N)cc1. The lowest BCUT2D eigenvalue weighted by Gasteiger charge is -2.11. The number of hydrogen-bond donors (Lipinski definition) is 1. The number of nitrogens with two attached hydrogens (primary N) is 1. The second kappa shape index (κ2) is 5.93. The molecule has 1 atom stereocenters. The van der Waals surface area contributed by atoms with E-state index >= 15 is 0 Å². The Hall–Kier alpha value is -2.40. The highest BCUT2D eigenvalue weighted by Gasteiger charge is 2.15. The number of benzene rings is 2. The van der Waals surface area contributed by atoms with Crippen molar-refractivity contribution in [2.24, 2.45) is 5.73 Å². The van der Waals surface area contributed by atoms with Crippen molar-refractivity contribution in [1.82, 2.24) is 0 Å². The summed E-state index contributed by atoms with van der Waals surface area (Å²) in [5.74, 6) is 1.11. The van der Waals surface area contributed by atoms with Crippen molar-refractivity contribution in [1.29, 1.82) is 0 Å². The molecule has 0 heterocycles. The van der Waals surface area contributed by atoms with Gasteiger partial charge in [-0.05, 0) is 50.1 Å². The Morgan fingerprint density at radius 2 is 1.76 bits per heavy atom. The Balaban J connectivity index is 2.30. The quantitative estimate of drug-likeness (QED) is 0.680. The number of nitro benzene ring substituents is 1. The molecule has 0 aromatic heterocycles. The van der Waals surface area contributed by atoms with Crippen LogP contribution in [0.25, 0.3) is 0 Å². The zero-order valence-corrected chi connectivity index (χ0v) is 12.3. The summed E-state index contributed by atoms with van der Waals surface area (Å²) in [6.07, 6.45) is 0. The highest BCUT2D eigenvalue weighted by molar-refractivity contribution is 5.51. The molecule has 110 valence electrons. The molecule has 0 saturated carbocycles. The first-order valence-corrected chi connectivity index (χ1v) is 6.67. The summed E-state index contributed by atoms with van der Waals surface area (Å²) >= 11 is 0. The maximum Gasteiger partial charge on any atom is 0.276 e. The third-order valence-corrected chi connectivity index (χ3v) is 3.32. The fraction of sp³-hybridized carbons (Fsp3) is 0.250. The van der Waals surface area contributed by atoms with Gasteiger partial charge in [-0.2, -0.15) is 0 Å². The van der Waals surface area contributed by atoms with E-state index in [1.165, 1.54) is 6.07 Å². The van der Waals surface area contributed by atoms with Gasteiger partial charge in [0.15, 0.2) is 0 Å². The van der Waals surface area contributed by atoms with Gasteiger partial charge in [0.2, 0.25) is 0 Å². The van der Waals surface area contributed by atoms with Gasteiger partial charge in [0.1, 0.15) is 11.5 Å². The summed E-state index contributed by atoms with van der Waals surface area (Å²) in [7, 11) is 0. The molecular formula is C16H18N2O3. The van der Waals surface area contributed by atoms with Crippen molar-refractivity contribution in [3.63, 3.8) is 0 Å². The van der Waals surface area contributed by atoms with Crippen LogP contribution in [0.2, 0.25) is 0 Å². The third kappa shape index (κ3) is 3.38. The van der Waals surface area contributed by atoms with Gasteiger partial charge in [-0.3, -0.25) is 10.1 Å². The molecule has 0 fully saturated rings. The molecule has 0 aliphatic heterocycles. The van der Waals surface area contributed by atoms with Crippen molar-refractivity contribution in [2.75, 3.05) is 0 Å². The normalized spacial score (nSPS) is 12.0. The van der Waals surface area contributed by atoms with Crippen LogP contribution >= 0.6 is 0 Å². The minimum atomic E-state index is -0.402. The number of aryl methyl sites for hydroxylation is 2. The van der Waals surface area contributed by atoms with E-state index in [0.29, 0.717) is 17.1 Å². The number of nitro groups is 1. The Bertz CT molecular complexity index is 664. The van der Waals surface area contributed by atoms with Crippen LogP contribution < -0.4 is 10.5 Å². The highest BCUT2D eigenvalue weighted by atomic mass is 16.6. The predicted octanol–water partition coefficient (Wildman–Crippen LogP) is 4.02. The van der Waals surface area contributed by atoms with Crippen LogP contribution in [0, 0.1) is 24.0 Å². The lowest BCUT2D eigenvalue weighted by Crippen LogP contribution is -2.04. The maximum atomic E-state index is 11.0. The van der Waals surface area contributed by atoms with Crippen molar-refractivity contribution < 1.29 is 9.66 Å². The molecule has 5 nitrogen and oxygen atoms in total. The third-order valence-electron chi connectivity index (χ3n) is 3.32. The average molecular weight is 286 g/mol. The molecule has 21 heavy (non-hydrogen) atoms. The molecule has 2 N–H and O–H groups in total. The molecule has 2 aromatic rings.